The molecule has 1 saturated heterocycles. The molecule has 2 unspecified atom stereocenters. The van der Waals surface area contributed by atoms with Crippen LogP contribution in [0.1, 0.15) is 113 Å². The number of esters is 1. The van der Waals surface area contributed by atoms with Crippen molar-refractivity contribution in [3.8, 4) is 0 Å². The number of benzene rings is 1. The number of carbonyl (C=O) groups excluding carboxylic acids is 1. The van der Waals surface area contributed by atoms with Crippen LogP contribution in [0.3, 0.4) is 0 Å². The Morgan fingerprint density at radius 3 is 2.40 bits per heavy atom. The quantitative estimate of drug-likeness (QED) is 0.310. The maximum absolute atomic E-state index is 14.7. The average molecular weight is 419 g/mol. The van der Waals surface area contributed by atoms with Crippen molar-refractivity contribution in [1.82, 2.24) is 0 Å². The number of rotatable bonds is 9. The van der Waals surface area contributed by atoms with Crippen molar-refractivity contribution in [2.24, 2.45) is 11.8 Å². The van der Waals surface area contributed by atoms with Crippen LogP contribution in [0.4, 0.5) is 4.39 Å². The lowest BCUT2D eigenvalue weighted by Gasteiger charge is -2.29. The van der Waals surface area contributed by atoms with Gasteiger partial charge in [-0.3, -0.25) is 0 Å². The molecule has 2 aliphatic rings. The minimum atomic E-state index is -0.529. The van der Waals surface area contributed by atoms with Gasteiger partial charge in [0, 0.05) is 0 Å². The third kappa shape index (κ3) is 6.54. The van der Waals surface area contributed by atoms with Crippen molar-refractivity contribution in [2.45, 2.75) is 103 Å². The molecular formula is C26H39FO3. The largest absolute Gasteiger partial charge is 0.459 e. The molecule has 0 bridgehead atoms. The third-order valence-electron chi connectivity index (χ3n) is 6.94. The van der Waals surface area contributed by atoms with Crippen LogP contribution in [-0.4, -0.2) is 18.7 Å². The molecule has 0 radical (unpaired) electrons. The molecule has 30 heavy (non-hydrogen) atoms. The molecule has 0 spiro atoms. The van der Waals surface area contributed by atoms with Crippen LogP contribution < -0.4 is 0 Å². The molecule has 0 aromatic heterocycles. The summed E-state index contributed by atoms with van der Waals surface area (Å²) in [4.78, 5) is 12.5. The molecule has 1 saturated carbocycles. The summed E-state index contributed by atoms with van der Waals surface area (Å²) in [5.41, 5.74) is 0.874. The highest BCUT2D eigenvalue weighted by atomic mass is 19.1. The second-order valence-electron chi connectivity index (χ2n) is 9.34. The molecule has 1 aliphatic heterocycles. The van der Waals surface area contributed by atoms with Crippen LogP contribution in [0.15, 0.2) is 18.2 Å². The van der Waals surface area contributed by atoms with Gasteiger partial charge >= 0.3 is 5.97 Å². The number of halogens is 1. The summed E-state index contributed by atoms with van der Waals surface area (Å²) in [7, 11) is 0. The number of hydrogen-bond donors (Lipinski definition) is 0. The molecule has 3 rings (SSSR count). The van der Waals surface area contributed by atoms with E-state index in [1.54, 1.807) is 6.07 Å². The molecule has 3 nitrogen and oxygen atoms in total. The Bertz CT molecular complexity index is 658. The smallest absolute Gasteiger partial charge is 0.341 e. The van der Waals surface area contributed by atoms with Gasteiger partial charge in [-0.2, -0.15) is 0 Å². The zero-order valence-corrected chi connectivity index (χ0v) is 18.8. The Morgan fingerprint density at radius 1 is 1.00 bits per heavy atom. The van der Waals surface area contributed by atoms with Crippen LogP contribution in [0.5, 0.6) is 0 Å². The van der Waals surface area contributed by atoms with Crippen LogP contribution in [0.25, 0.3) is 0 Å². The molecule has 4 heteroatoms. The van der Waals surface area contributed by atoms with Crippen LogP contribution in [-0.2, 0) is 9.47 Å². The maximum atomic E-state index is 14.7. The van der Waals surface area contributed by atoms with Gasteiger partial charge in [0.2, 0.25) is 0 Å². The first-order valence-electron chi connectivity index (χ1n) is 12.2. The summed E-state index contributed by atoms with van der Waals surface area (Å²) in [5.74, 6) is 0.353. The number of ether oxygens (including phenoxy) is 2. The minimum Gasteiger partial charge on any atom is -0.459 e. The van der Waals surface area contributed by atoms with Gasteiger partial charge in [-0.1, -0.05) is 52.0 Å². The van der Waals surface area contributed by atoms with Crippen molar-refractivity contribution in [2.75, 3.05) is 6.61 Å². The van der Waals surface area contributed by atoms with E-state index in [9.17, 15) is 9.18 Å². The summed E-state index contributed by atoms with van der Waals surface area (Å²) in [6.45, 7) is 5.18. The average Bonchev–Trinajstić information content (AvgIpc) is 2.76. The molecular weight excluding hydrogens is 379 g/mol. The van der Waals surface area contributed by atoms with Gasteiger partial charge in [-0.25, -0.2) is 9.18 Å². The van der Waals surface area contributed by atoms with E-state index in [4.69, 9.17) is 9.47 Å². The van der Waals surface area contributed by atoms with Gasteiger partial charge in [-0.05, 0) is 74.5 Å². The summed E-state index contributed by atoms with van der Waals surface area (Å²) < 4.78 is 26.3. The van der Waals surface area contributed by atoms with E-state index < -0.39 is 11.8 Å². The highest BCUT2D eigenvalue weighted by Crippen LogP contribution is 2.34. The minimum absolute atomic E-state index is 0.0442. The van der Waals surface area contributed by atoms with E-state index in [1.165, 1.54) is 44.6 Å². The van der Waals surface area contributed by atoms with Gasteiger partial charge in [0.1, 0.15) is 11.9 Å². The van der Waals surface area contributed by atoms with Crippen LogP contribution >= 0.6 is 0 Å². The van der Waals surface area contributed by atoms with Crippen LogP contribution in [0, 0.1) is 17.7 Å². The normalized spacial score (nSPS) is 27.0. The molecule has 0 N–H and O–H groups in total. The van der Waals surface area contributed by atoms with Crippen molar-refractivity contribution >= 4 is 5.97 Å². The van der Waals surface area contributed by atoms with Crippen LogP contribution in [0.2, 0.25) is 0 Å². The molecule has 2 fully saturated rings. The molecule has 1 aromatic carbocycles. The Balaban J connectivity index is 1.49. The lowest BCUT2D eigenvalue weighted by Crippen LogP contribution is -2.25. The lowest BCUT2D eigenvalue weighted by molar-refractivity contribution is -0.0200. The van der Waals surface area contributed by atoms with Gasteiger partial charge in [0.25, 0.3) is 0 Å². The fourth-order valence-electron chi connectivity index (χ4n) is 5.04. The molecule has 168 valence electrons. The Hall–Kier alpha value is -1.42. The van der Waals surface area contributed by atoms with E-state index in [1.807, 2.05) is 6.07 Å². The van der Waals surface area contributed by atoms with Gasteiger partial charge < -0.3 is 9.47 Å². The second-order valence-corrected chi connectivity index (χ2v) is 9.34. The zero-order chi connectivity index (χ0) is 21.3. The van der Waals surface area contributed by atoms with Crippen molar-refractivity contribution < 1.29 is 18.7 Å². The molecule has 1 aliphatic carbocycles. The third-order valence-corrected chi connectivity index (χ3v) is 6.94. The second kappa shape index (κ2) is 11.8. The maximum Gasteiger partial charge on any atom is 0.341 e. The first kappa shape index (κ1) is 23.2. The molecule has 1 aromatic rings. The number of carbonyl (C=O) groups is 1. The topological polar surface area (TPSA) is 35.5 Å². The lowest BCUT2D eigenvalue weighted by atomic mass is 9.85. The highest BCUT2D eigenvalue weighted by Gasteiger charge is 2.27. The molecule has 1 heterocycles. The van der Waals surface area contributed by atoms with Crippen molar-refractivity contribution in [1.29, 1.82) is 0 Å². The fraction of sp³-hybridized carbons (Fsp3) is 0.731. The highest BCUT2D eigenvalue weighted by molar-refractivity contribution is 5.89. The van der Waals surface area contributed by atoms with Gasteiger partial charge in [0.15, 0.2) is 0 Å². The Labute approximate surface area is 181 Å². The fourth-order valence-corrected chi connectivity index (χ4v) is 5.04. The standard InChI is InChI=1S/C26H39FO3/c1-3-5-6-8-20-11-16-25(29-18-20)21-12-15-23(24(27)17-21)26(28)30-22-13-9-19(7-4-2)10-14-22/h12,15,17,19-20,22,25H,3-11,13-14,16,18H2,1-2H3/t19-,20?,22-,25?. The number of hydrogen-bond acceptors (Lipinski definition) is 3. The van der Waals surface area contributed by atoms with E-state index in [0.29, 0.717) is 5.92 Å². The first-order valence-corrected chi connectivity index (χ1v) is 12.2. The predicted octanol–water partition coefficient (Wildman–Crippen LogP) is 7.39. The first-order chi connectivity index (χ1) is 14.6. The zero-order valence-electron chi connectivity index (χ0n) is 18.8. The molecule has 2 atom stereocenters. The van der Waals surface area contributed by atoms with Gasteiger partial charge in [0.05, 0.1) is 18.3 Å². The summed E-state index contributed by atoms with van der Waals surface area (Å²) >= 11 is 0. The predicted molar refractivity (Wildman–Crippen MR) is 118 cm³/mol. The SMILES string of the molecule is CCCCCC1CCC(c2ccc(C(=O)O[C@H]3CC[C@H](CCC)CC3)c(F)c2)OC1. The summed E-state index contributed by atoms with van der Waals surface area (Å²) in [5, 5.41) is 0. The van der Waals surface area contributed by atoms with E-state index in [0.717, 1.165) is 56.6 Å². The number of unbranched alkanes of at least 4 members (excludes halogenated alkanes) is 2. The Kier molecular flexibility index (Phi) is 9.17. The van der Waals surface area contributed by atoms with Gasteiger partial charge in [-0.15, -0.1) is 0 Å². The molecule has 0 amide bonds. The van der Waals surface area contributed by atoms with E-state index in [-0.39, 0.29) is 17.8 Å². The van der Waals surface area contributed by atoms with E-state index >= 15 is 0 Å². The Morgan fingerprint density at radius 2 is 1.77 bits per heavy atom. The monoisotopic (exact) mass is 418 g/mol. The van der Waals surface area contributed by atoms with E-state index in [2.05, 4.69) is 13.8 Å². The van der Waals surface area contributed by atoms with Crippen molar-refractivity contribution in [3.05, 3.63) is 35.1 Å². The summed E-state index contributed by atoms with van der Waals surface area (Å²) in [6.07, 6.45) is 13.4. The summed E-state index contributed by atoms with van der Waals surface area (Å²) in [6, 6.07) is 4.88. The van der Waals surface area contributed by atoms with Crippen molar-refractivity contribution in [3.63, 3.8) is 0 Å².